The van der Waals surface area contributed by atoms with Crippen LogP contribution in [0.1, 0.15) is 60.9 Å². The van der Waals surface area contributed by atoms with Crippen LogP contribution in [0.5, 0.6) is 5.75 Å². The van der Waals surface area contributed by atoms with Crippen LogP contribution < -0.4 is 10.1 Å². The molecule has 0 atom stereocenters. The molecule has 1 saturated carbocycles. The minimum absolute atomic E-state index is 0.0355. The van der Waals surface area contributed by atoms with Gasteiger partial charge >= 0.3 is 5.97 Å². The Labute approximate surface area is 186 Å². The molecule has 1 aliphatic rings. The summed E-state index contributed by atoms with van der Waals surface area (Å²) in [5, 5.41) is 2.85. The number of aryl methyl sites for hydroxylation is 1. The van der Waals surface area contributed by atoms with Gasteiger partial charge in [-0.05, 0) is 96.9 Å². The molecule has 0 radical (unpaired) electrons. The summed E-state index contributed by atoms with van der Waals surface area (Å²) in [6, 6.07) is 12.8. The number of amides is 1. The van der Waals surface area contributed by atoms with Gasteiger partial charge in [0, 0.05) is 12.1 Å². The molecule has 2 aromatic carbocycles. The summed E-state index contributed by atoms with van der Waals surface area (Å²) < 4.78 is 12.2. The first kappa shape index (κ1) is 22.3. The Morgan fingerprint density at radius 3 is 2.50 bits per heavy atom. The molecule has 160 valence electrons. The second-order valence-corrected chi connectivity index (χ2v) is 8.53. The van der Waals surface area contributed by atoms with Crippen LogP contribution in [0, 0.1) is 6.92 Å². The topological polar surface area (TPSA) is 64.6 Å². The predicted octanol–water partition coefficient (Wildman–Crippen LogP) is 6.04. The predicted molar refractivity (Wildman–Crippen MR) is 121 cm³/mol. The Balaban J connectivity index is 1.39. The van der Waals surface area contributed by atoms with E-state index >= 15 is 0 Å². The van der Waals surface area contributed by atoms with Crippen LogP contribution in [0.2, 0.25) is 0 Å². The van der Waals surface area contributed by atoms with E-state index in [1.807, 2.05) is 25.1 Å². The molecule has 5 nitrogen and oxygen atoms in total. The number of esters is 1. The summed E-state index contributed by atoms with van der Waals surface area (Å²) in [6.07, 6.45) is 6.36. The fraction of sp³-hybridized carbons (Fsp3) is 0.417. The lowest BCUT2D eigenvalue weighted by Crippen LogP contribution is -2.21. The normalized spacial score (nSPS) is 14.2. The Bertz CT molecular complexity index is 860. The molecule has 0 unspecified atom stereocenters. The minimum atomic E-state index is -0.292. The molecule has 30 heavy (non-hydrogen) atoms. The van der Waals surface area contributed by atoms with Gasteiger partial charge in [-0.25, -0.2) is 4.79 Å². The maximum absolute atomic E-state index is 12.3. The highest BCUT2D eigenvalue weighted by Crippen LogP contribution is 2.26. The van der Waals surface area contributed by atoms with Crippen LogP contribution in [-0.4, -0.2) is 24.6 Å². The van der Waals surface area contributed by atoms with Crippen LogP contribution in [0.3, 0.4) is 0 Å². The molecule has 2 aromatic rings. The lowest BCUT2D eigenvalue weighted by molar-refractivity contribution is -0.116. The molecule has 0 bridgehead atoms. The molecule has 0 aliphatic heterocycles. The van der Waals surface area contributed by atoms with E-state index in [-0.39, 0.29) is 18.0 Å². The number of benzene rings is 2. The second-order valence-electron chi connectivity index (χ2n) is 7.68. The molecule has 1 aliphatic carbocycles. The van der Waals surface area contributed by atoms with Gasteiger partial charge in [0.2, 0.25) is 5.91 Å². The van der Waals surface area contributed by atoms with Crippen molar-refractivity contribution < 1.29 is 19.1 Å². The highest BCUT2D eigenvalue weighted by Gasteiger charge is 2.18. The van der Waals surface area contributed by atoms with Crippen molar-refractivity contribution >= 4 is 33.5 Å². The fourth-order valence-corrected chi connectivity index (χ4v) is 4.06. The van der Waals surface area contributed by atoms with Crippen molar-refractivity contribution in [3.8, 4) is 5.75 Å². The standard InChI is InChI=1S/C24H28BrNO4/c1-17-9-14-22(21(25)16-17)29-15-5-8-23(27)26-19-12-10-18(11-13-19)24(28)30-20-6-3-2-4-7-20/h9-14,16,20H,2-8,15H2,1H3,(H,26,27). The van der Waals surface area contributed by atoms with E-state index in [4.69, 9.17) is 9.47 Å². The number of hydrogen-bond donors (Lipinski definition) is 1. The maximum atomic E-state index is 12.3. The van der Waals surface area contributed by atoms with Crippen molar-refractivity contribution in [3.05, 3.63) is 58.1 Å². The monoisotopic (exact) mass is 473 g/mol. The Hall–Kier alpha value is -2.34. The summed E-state index contributed by atoms with van der Waals surface area (Å²) in [5.74, 6) is 0.398. The highest BCUT2D eigenvalue weighted by atomic mass is 79.9. The average molecular weight is 474 g/mol. The van der Waals surface area contributed by atoms with E-state index in [0.29, 0.717) is 30.7 Å². The lowest BCUT2D eigenvalue weighted by Gasteiger charge is -2.21. The zero-order chi connectivity index (χ0) is 21.3. The highest BCUT2D eigenvalue weighted by molar-refractivity contribution is 9.10. The third-order valence-electron chi connectivity index (χ3n) is 5.12. The molecule has 0 aromatic heterocycles. The number of nitrogens with one attached hydrogen (secondary N) is 1. The van der Waals surface area contributed by atoms with Crippen LogP contribution in [0.15, 0.2) is 46.9 Å². The van der Waals surface area contributed by atoms with Gasteiger partial charge in [0.1, 0.15) is 11.9 Å². The van der Waals surface area contributed by atoms with E-state index in [1.54, 1.807) is 24.3 Å². The van der Waals surface area contributed by atoms with Crippen molar-refractivity contribution in [2.24, 2.45) is 0 Å². The number of carbonyl (C=O) groups excluding carboxylic acids is 2. The van der Waals surface area contributed by atoms with Crippen LogP contribution in [0.4, 0.5) is 5.69 Å². The summed E-state index contributed by atoms with van der Waals surface area (Å²) in [7, 11) is 0. The van der Waals surface area contributed by atoms with E-state index in [2.05, 4.69) is 21.2 Å². The number of halogens is 1. The molecule has 1 N–H and O–H groups in total. The lowest BCUT2D eigenvalue weighted by atomic mass is 9.98. The number of hydrogen-bond acceptors (Lipinski definition) is 4. The molecule has 0 heterocycles. The van der Waals surface area contributed by atoms with Gasteiger partial charge in [0.15, 0.2) is 0 Å². The van der Waals surface area contributed by atoms with Gasteiger partial charge in [-0.1, -0.05) is 12.5 Å². The minimum Gasteiger partial charge on any atom is -0.492 e. The second kappa shape index (κ2) is 11.2. The molecular formula is C24H28BrNO4. The quantitative estimate of drug-likeness (QED) is 0.374. The molecule has 3 rings (SSSR count). The van der Waals surface area contributed by atoms with Crippen LogP contribution in [0.25, 0.3) is 0 Å². The van der Waals surface area contributed by atoms with E-state index in [0.717, 1.165) is 41.5 Å². The molecule has 6 heteroatoms. The first-order chi connectivity index (χ1) is 14.5. The van der Waals surface area contributed by atoms with Gasteiger partial charge in [-0.2, -0.15) is 0 Å². The smallest absolute Gasteiger partial charge is 0.338 e. The largest absolute Gasteiger partial charge is 0.492 e. The van der Waals surface area contributed by atoms with E-state index in [9.17, 15) is 9.59 Å². The van der Waals surface area contributed by atoms with Crippen molar-refractivity contribution in [2.45, 2.75) is 58.0 Å². The molecule has 1 amide bonds. The van der Waals surface area contributed by atoms with Gasteiger partial charge in [0.05, 0.1) is 16.6 Å². The molecule has 0 spiro atoms. The maximum Gasteiger partial charge on any atom is 0.338 e. The number of ether oxygens (including phenoxy) is 2. The SMILES string of the molecule is Cc1ccc(OCCCC(=O)Nc2ccc(C(=O)OC3CCCCC3)cc2)c(Br)c1. The van der Waals surface area contributed by atoms with Crippen LogP contribution in [-0.2, 0) is 9.53 Å². The van der Waals surface area contributed by atoms with Gasteiger partial charge in [-0.3, -0.25) is 4.79 Å². The summed E-state index contributed by atoms with van der Waals surface area (Å²) in [5.41, 5.74) is 2.33. The van der Waals surface area contributed by atoms with Gasteiger partial charge in [-0.15, -0.1) is 0 Å². The van der Waals surface area contributed by atoms with Crippen molar-refractivity contribution in [3.63, 3.8) is 0 Å². The molecule has 1 fully saturated rings. The Morgan fingerprint density at radius 2 is 1.80 bits per heavy atom. The molecular weight excluding hydrogens is 446 g/mol. The Kier molecular flexibility index (Phi) is 8.31. The molecule has 0 saturated heterocycles. The Morgan fingerprint density at radius 1 is 1.07 bits per heavy atom. The van der Waals surface area contributed by atoms with Crippen molar-refractivity contribution in [2.75, 3.05) is 11.9 Å². The van der Waals surface area contributed by atoms with Crippen LogP contribution >= 0.6 is 15.9 Å². The van der Waals surface area contributed by atoms with Gasteiger partial charge < -0.3 is 14.8 Å². The third kappa shape index (κ3) is 6.87. The number of anilines is 1. The fourth-order valence-electron chi connectivity index (χ4n) is 3.45. The summed E-state index contributed by atoms with van der Waals surface area (Å²) >= 11 is 3.48. The first-order valence-electron chi connectivity index (χ1n) is 10.5. The van der Waals surface area contributed by atoms with E-state index < -0.39 is 0 Å². The first-order valence-corrected chi connectivity index (χ1v) is 11.3. The van der Waals surface area contributed by atoms with Gasteiger partial charge in [0.25, 0.3) is 0 Å². The summed E-state index contributed by atoms with van der Waals surface area (Å²) in [6.45, 7) is 2.48. The number of carbonyl (C=O) groups is 2. The summed E-state index contributed by atoms with van der Waals surface area (Å²) in [4.78, 5) is 24.4. The zero-order valence-corrected chi connectivity index (χ0v) is 18.9. The zero-order valence-electron chi connectivity index (χ0n) is 17.3. The number of rotatable bonds is 8. The van der Waals surface area contributed by atoms with Crippen molar-refractivity contribution in [1.82, 2.24) is 0 Å². The van der Waals surface area contributed by atoms with E-state index in [1.165, 1.54) is 6.42 Å². The third-order valence-corrected chi connectivity index (χ3v) is 5.74. The average Bonchev–Trinajstić information content (AvgIpc) is 2.73. The van der Waals surface area contributed by atoms with Crippen molar-refractivity contribution in [1.29, 1.82) is 0 Å².